The molecule has 0 aliphatic carbocycles. The number of thiophene rings is 1. The molecule has 1 aromatic heterocycles. The zero-order valence-corrected chi connectivity index (χ0v) is 18.8. The maximum atomic E-state index is 13.1. The second-order valence-electron chi connectivity index (χ2n) is 8.33. The Morgan fingerprint density at radius 3 is 2.75 bits per heavy atom. The fourth-order valence-corrected chi connectivity index (χ4v) is 4.99. The van der Waals surface area contributed by atoms with Crippen LogP contribution in [0.4, 0.5) is 0 Å². The molecule has 0 bridgehead atoms. The second-order valence-corrected chi connectivity index (χ2v) is 9.11. The van der Waals surface area contributed by atoms with Crippen molar-refractivity contribution < 1.29 is 29.0 Å². The topological polar surface area (TPSA) is 89.9 Å². The molecule has 2 aromatic rings. The lowest BCUT2D eigenvalue weighted by atomic mass is 9.84. The molecular formula is C25H26O6S. The Morgan fingerprint density at radius 1 is 1.16 bits per heavy atom. The number of esters is 2. The highest BCUT2D eigenvalue weighted by Gasteiger charge is 2.35. The van der Waals surface area contributed by atoms with Gasteiger partial charge in [0.2, 0.25) is 0 Å². The highest BCUT2D eigenvalue weighted by molar-refractivity contribution is 7.08. The summed E-state index contributed by atoms with van der Waals surface area (Å²) in [6.45, 7) is 1.79. The minimum atomic E-state index is -0.623. The molecule has 2 aliphatic heterocycles. The van der Waals surface area contributed by atoms with E-state index in [1.54, 1.807) is 19.1 Å². The average molecular weight is 455 g/mol. The fraction of sp³-hybridized carbons (Fsp3) is 0.400. The Labute approximate surface area is 190 Å². The van der Waals surface area contributed by atoms with Crippen molar-refractivity contribution in [3.63, 3.8) is 0 Å². The number of rotatable bonds is 1. The molecule has 1 N–H and O–H groups in total. The van der Waals surface area contributed by atoms with Crippen LogP contribution >= 0.6 is 11.3 Å². The van der Waals surface area contributed by atoms with Crippen LogP contribution in [0.3, 0.4) is 0 Å². The molecule has 2 atom stereocenters. The number of cyclic esters (lactones) is 1. The van der Waals surface area contributed by atoms with Crippen LogP contribution in [0, 0.1) is 0 Å². The quantitative estimate of drug-likeness (QED) is 0.460. The maximum Gasteiger partial charge on any atom is 0.342 e. The van der Waals surface area contributed by atoms with Crippen LogP contribution < -0.4 is 4.74 Å². The molecule has 0 saturated carbocycles. The number of ether oxygens (including phenoxy) is 2. The fourth-order valence-electron chi connectivity index (χ4n) is 4.28. The Bertz CT molecular complexity index is 1050. The molecule has 7 heteroatoms. The summed E-state index contributed by atoms with van der Waals surface area (Å²) in [5.74, 6) is -1.13. The molecule has 0 spiro atoms. The number of hydrogen-bond donors (Lipinski definition) is 1. The van der Waals surface area contributed by atoms with Crippen LogP contribution in [-0.4, -0.2) is 28.9 Å². The lowest BCUT2D eigenvalue weighted by Gasteiger charge is -2.27. The first-order valence-corrected chi connectivity index (χ1v) is 11.9. The standard InChI is InChI=1S/C25H26O6S/c1-15-6-5-9-18(26)8-4-2-3-7-16-12-20-23(24(28)22(16)25(29)30-15)19(13-21(27)31-20)17-10-11-32-14-17/h3,7,10-12,14-15,19,28H,2,4-6,8-9,13H2,1H3/b7-3+/t15-,19+/m1/s1. The third-order valence-electron chi connectivity index (χ3n) is 5.92. The molecule has 0 radical (unpaired) electrons. The lowest BCUT2D eigenvalue weighted by molar-refractivity contribution is -0.135. The van der Waals surface area contributed by atoms with Crippen LogP contribution in [0.15, 0.2) is 29.0 Å². The van der Waals surface area contributed by atoms with Crippen molar-refractivity contribution in [2.45, 2.75) is 63.9 Å². The van der Waals surface area contributed by atoms with E-state index in [0.29, 0.717) is 43.2 Å². The molecule has 3 heterocycles. The summed E-state index contributed by atoms with van der Waals surface area (Å²) in [6.07, 6.45) is 6.88. The van der Waals surface area contributed by atoms with E-state index in [4.69, 9.17) is 9.47 Å². The number of allylic oxidation sites excluding steroid dienone is 1. The first-order valence-electron chi connectivity index (χ1n) is 11.0. The van der Waals surface area contributed by atoms with Gasteiger partial charge in [0.15, 0.2) is 0 Å². The average Bonchev–Trinajstić information content (AvgIpc) is 3.27. The van der Waals surface area contributed by atoms with Gasteiger partial charge in [-0.05, 0) is 66.6 Å². The number of carbonyl (C=O) groups is 3. The molecule has 6 nitrogen and oxygen atoms in total. The van der Waals surface area contributed by atoms with Gasteiger partial charge in [-0.3, -0.25) is 9.59 Å². The first kappa shape index (κ1) is 22.3. The summed E-state index contributed by atoms with van der Waals surface area (Å²) in [7, 11) is 0. The molecule has 0 fully saturated rings. The molecular weight excluding hydrogens is 428 g/mol. The Morgan fingerprint density at radius 2 is 1.97 bits per heavy atom. The highest BCUT2D eigenvalue weighted by Crippen LogP contribution is 2.47. The van der Waals surface area contributed by atoms with Crippen LogP contribution in [0.2, 0.25) is 0 Å². The van der Waals surface area contributed by atoms with Crippen LogP contribution in [0.1, 0.15) is 84.8 Å². The van der Waals surface area contributed by atoms with Gasteiger partial charge in [0, 0.05) is 24.3 Å². The van der Waals surface area contributed by atoms with E-state index in [1.807, 2.05) is 22.9 Å². The summed E-state index contributed by atoms with van der Waals surface area (Å²) < 4.78 is 11.1. The van der Waals surface area contributed by atoms with Crippen molar-refractivity contribution in [2.75, 3.05) is 0 Å². The number of fused-ring (bicyclic) bond motifs is 2. The summed E-state index contributed by atoms with van der Waals surface area (Å²) in [6, 6.07) is 3.53. The van der Waals surface area contributed by atoms with Crippen molar-refractivity contribution in [3.8, 4) is 11.5 Å². The molecule has 168 valence electrons. The van der Waals surface area contributed by atoms with Gasteiger partial charge < -0.3 is 14.6 Å². The van der Waals surface area contributed by atoms with Gasteiger partial charge in [-0.15, -0.1) is 0 Å². The molecule has 2 aliphatic rings. The molecule has 32 heavy (non-hydrogen) atoms. The largest absolute Gasteiger partial charge is 0.507 e. The monoisotopic (exact) mass is 454 g/mol. The van der Waals surface area contributed by atoms with Gasteiger partial charge >= 0.3 is 11.9 Å². The molecule has 4 rings (SSSR count). The molecule has 0 amide bonds. The smallest absolute Gasteiger partial charge is 0.342 e. The van der Waals surface area contributed by atoms with Gasteiger partial charge in [-0.1, -0.05) is 12.2 Å². The van der Waals surface area contributed by atoms with Gasteiger partial charge in [0.25, 0.3) is 0 Å². The lowest BCUT2D eigenvalue weighted by Crippen LogP contribution is -2.23. The summed E-state index contributed by atoms with van der Waals surface area (Å²) in [4.78, 5) is 37.4. The summed E-state index contributed by atoms with van der Waals surface area (Å²) in [5, 5.41) is 15.1. The molecule has 1 aromatic carbocycles. The van der Waals surface area contributed by atoms with E-state index in [9.17, 15) is 19.5 Å². The van der Waals surface area contributed by atoms with E-state index < -0.39 is 18.0 Å². The number of carbonyl (C=O) groups excluding carboxylic acids is 3. The summed E-state index contributed by atoms with van der Waals surface area (Å²) in [5.41, 5.74) is 1.84. The third-order valence-corrected chi connectivity index (χ3v) is 6.63. The van der Waals surface area contributed by atoms with Crippen molar-refractivity contribution in [1.29, 1.82) is 0 Å². The van der Waals surface area contributed by atoms with Crippen molar-refractivity contribution in [2.24, 2.45) is 0 Å². The number of ketones is 1. The third kappa shape index (κ3) is 4.78. The van der Waals surface area contributed by atoms with Crippen LogP contribution in [0.25, 0.3) is 6.08 Å². The number of phenols is 1. The molecule has 0 unspecified atom stereocenters. The number of benzene rings is 1. The number of hydrogen-bond acceptors (Lipinski definition) is 7. The van der Waals surface area contributed by atoms with E-state index in [-0.39, 0.29) is 35.2 Å². The van der Waals surface area contributed by atoms with E-state index in [0.717, 1.165) is 12.0 Å². The Kier molecular flexibility index (Phi) is 6.74. The first-order chi connectivity index (χ1) is 15.4. The molecule has 0 saturated heterocycles. The van der Waals surface area contributed by atoms with E-state index in [1.165, 1.54) is 11.3 Å². The van der Waals surface area contributed by atoms with E-state index in [2.05, 4.69) is 0 Å². The number of Topliss-reactive ketones (excluding diaryl/α,β-unsaturated/α-hetero) is 1. The van der Waals surface area contributed by atoms with Gasteiger partial charge in [-0.2, -0.15) is 11.3 Å². The number of phenolic OH excluding ortho intramolecular Hbond substituents is 1. The number of aromatic hydroxyl groups is 1. The van der Waals surface area contributed by atoms with Crippen molar-refractivity contribution >= 4 is 35.1 Å². The predicted octanol–water partition coefficient (Wildman–Crippen LogP) is 5.38. The van der Waals surface area contributed by atoms with Crippen molar-refractivity contribution in [1.82, 2.24) is 0 Å². The maximum absolute atomic E-state index is 13.1. The minimum absolute atomic E-state index is 0.0816. The minimum Gasteiger partial charge on any atom is -0.507 e. The predicted molar refractivity (Wildman–Crippen MR) is 121 cm³/mol. The zero-order chi connectivity index (χ0) is 22.7. The SMILES string of the molecule is C[C@@H]1CCCC(=O)CCC/C=C/c2cc3c(c(O)c2C(=O)O1)[C@H](c1ccsc1)CC(=O)O3. The van der Waals surface area contributed by atoms with Gasteiger partial charge in [-0.25, -0.2) is 4.79 Å². The van der Waals surface area contributed by atoms with E-state index >= 15 is 0 Å². The van der Waals surface area contributed by atoms with Gasteiger partial charge in [0.1, 0.15) is 22.8 Å². The Hall–Kier alpha value is -2.93. The Balaban J connectivity index is 1.79. The highest BCUT2D eigenvalue weighted by atomic mass is 32.1. The van der Waals surface area contributed by atoms with Crippen molar-refractivity contribution in [3.05, 3.63) is 51.2 Å². The van der Waals surface area contributed by atoms with Gasteiger partial charge in [0.05, 0.1) is 12.5 Å². The van der Waals surface area contributed by atoms with Crippen LogP contribution in [0.5, 0.6) is 11.5 Å². The van der Waals surface area contributed by atoms with Crippen LogP contribution in [-0.2, 0) is 14.3 Å². The normalized spacial score (nSPS) is 23.3. The summed E-state index contributed by atoms with van der Waals surface area (Å²) >= 11 is 1.50. The second kappa shape index (κ2) is 9.69. The zero-order valence-electron chi connectivity index (χ0n) is 18.0.